The largest absolute Gasteiger partial charge is 0.241 e. The summed E-state index contributed by atoms with van der Waals surface area (Å²) in [6, 6.07) is 10.9. The van der Waals surface area contributed by atoms with E-state index in [0.29, 0.717) is 11.8 Å². The van der Waals surface area contributed by atoms with Gasteiger partial charge in [-0.3, -0.25) is 0 Å². The molecule has 0 saturated carbocycles. The highest BCUT2D eigenvalue weighted by atomic mass is 35.5. The van der Waals surface area contributed by atoms with Gasteiger partial charge >= 0.3 is 0 Å². The van der Waals surface area contributed by atoms with Crippen LogP contribution in [0.4, 0.5) is 0 Å². The molecule has 2 aliphatic carbocycles. The SMILES string of the molecule is Cc1ncc(CCC2C=c3cc(Cl)ccc3=c3ccc4c(c32)CCC(C)C=4)cn1. The maximum Gasteiger partial charge on any atom is 0.125 e. The van der Waals surface area contributed by atoms with Crippen molar-refractivity contribution in [2.45, 2.75) is 45.4 Å². The first-order chi connectivity index (χ1) is 14.1. The summed E-state index contributed by atoms with van der Waals surface area (Å²) in [5.74, 6) is 1.86. The fraction of sp³-hybridized carbons (Fsp3) is 0.308. The molecule has 2 aliphatic rings. The van der Waals surface area contributed by atoms with E-state index < -0.39 is 0 Å². The number of hydrogen-bond acceptors (Lipinski definition) is 2. The van der Waals surface area contributed by atoms with Gasteiger partial charge in [-0.2, -0.15) is 0 Å². The molecule has 0 aliphatic heterocycles. The smallest absolute Gasteiger partial charge is 0.125 e. The zero-order valence-electron chi connectivity index (χ0n) is 17.0. The lowest BCUT2D eigenvalue weighted by molar-refractivity contribution is 0.646. The molecule has 0 spiro atoms. The second kappa shape index (κ2) is 7.42. The van der Waals surface area contributed by atoms with Crippen LogP contribution in [0.15, 0.2) is 42.7 Å². The van der Waals surface area contributed by atoms with Gasteiger partial charge in [-0.15, -0.1) is 0 Å². The number of nitrogens with zero attached hydrogens (tertiary/aromatic N) is 2. The van der Waals surface area contributed by atoms with Crippen LogP contribution in [-0.4, -0.2) is 9.97 Å². The minimum Gasteiger partial charge on any atom is -0.241 e. The Labute approximate surface area is 176 Å². The second-order valence-corrected chi connectivity index (χ2v) is 8.90. The molecule has 1 aromatic heterocycles. The maximum atomic E-state index is 6.33. The summed E-state index contributed by atoms with van der Waals surface area (Å²) in [6.45, 7) is 4.25. The van der Waals surface area contributed by atoms with Crippen LogP contribution in [0.25, 0.3) is 12.2 Å². The van der Waals surface area contributed by atoms with E-state index in [0.717, 1.165) is 30.1 Å². The first-order valence-electron chi connectivity index (χ1n) is 10.5. The number of fused-ring (bicyclic) bond motifs is 4. The van der Waals surface area contributed by atoms with Crippen molar-refractivity contribution >= 4 is 23.8 Å². The van der Waals surface area contributed by atoms with E-state index in [9.17, 15) is 0 Å². The molecular weight excluding hydrogens is 376 g/mol. The molecule has 5 rings (SSSR count). The summed E-state index contributed by atoms with van der Waals surface area (Å²) in [5.41, 5.74) is 4.27. The molecular formula is C26H25ClN2. The molecule has 29 heavy (non-hydrogen) atoms. The molecule has 0 N–H and O–H groups in total. The first-order valence-corrected chi connectivity index (χ1v) is 10.9. The lowest BCUT2D eigenvalue weighted by Gasteiger charge is -2.25. The van der Waals surface area contributed by atoms with Crippen molar-refractivity contribution in [2.75, 3.05) is 0 Å². The monoisotopic (exact) mass is 400 g/mol. The Bertz CT molecular complexity index is 1290. The first kappa shape index (κ1) is 18.6. The Balaban J connectivity index is 1.67. The topological polar surface area (TPSA) is 25.8 Å². The Hall–Kier alpha value is -2.45. The number of halogens is 1. The summed E-state index contributed by atoms with van der Waals surface area (Å²) in [5, 5.41) is 6.17. The lowest BCUT2D eigenvalue weighted by atomic mass is 9.79. The van der Waals surface area contributed by atoms with Crippen LogP contribution in [0.5, 0.6) is 0 Å². The van der Waals surface area contributed by atoms with E-state index in [-0.39, 0.29) is 0 Å². The van der Waals surface area contributed by atoms with Crippen molar-refractivity contribution in [2.24, 2.45) is 5.92 Å². The van der Waals surface area contributed by atoms with Gasteiger partial charge in [-0.1, -0.05) is 48.9 Å². The Morgan fingerprint density at radius 3 is 2.62 bits per heavy atom. The molecule has 0 saturated heterocycles. The number of aryl methyl sites for hydroxylation is 2. The van der Waals surface area contributed by atoms with Crippen molar-refractivity contribution in [3.05, 3.63) is 91.1 Å². The zero-order valence-corrected chi connectivity index (χ0v) is 17.7. The van der Waals surface area contributed by atoms with Crippen LogP contribution in [-0.2, 0) is 12.8 Å². The van der Waals surface area contributed by atoms with Gasteiger partial charge < -0.3 is 0 Å². The number of rotatable bonds is 3. The summed E-state index contributed by atoms with van der Waals surface area (Å²) < 4.78 is 0. The molecule has 0 amide bonds. The van der Waals surface area contributed by atoms with Crippen LogP contribution in [0.2, 0.25) is 5.02 Å². The van der Waals surface area contributed by atoms with Gasteiger partial charge in [0.15, 0.2) is 0 Å². The highest BCUT2D eigenvalue weighted by Gasteiger charge is 2.21. The minimum absolute atomic E-state index is 0.383. The molecule has 1 heterocycles. The molecule has 0 fully saturated rings. The summed E-state index contributed by atoms with van der Waals surface area (Å²) >= 11 is 6.33. The van der Waals surface area contributed by atoms with Gasteiger partial charge in [0.1, 0.15) is 5.82 Å². The van der Waals surface area contributed by atoms with Crippen LogP contribution in [0, 0.1) is 23.3 Å². The quantitative estimate of drug-likeness (QED) is 0.642. The lowest BCUT2D eigenvalue weighted by Crippen LogP contribution is -2.24. The Kier molecular flexibility index (Phi) is 4.75. The van der Waals surface area contributed by atoms with Crippen molar-refractivity contribution in [3.8, 4) is 0 Å². The Morgan fingerprint density at radius 2 is 1.79 bits per heavy atom. The highest BCUT2D eigenvalue weighted by Crippen LogP contribution is 2.31. The number of benzene rings is 2. The van der Waals surface area contributed by atoms with Crippen molar-refractivity contribution in [3.63, 3.8) is 0 Å². The van der Waals surface area contributed by atoms with Crippen LogP contribution in [0.1, 0.15) is 48.2 Å². The summed E-state index contributed by atoms with van der Waals surface area (Å²) in [7, 11) is 0. The average Bonchev–Trinajstić information content (AvgIpc) is 2.72. The molecule has 2 atom stereocenters. The highest BCUT2D eigenvalue weighted by molar-refractivity contribution is 6.30. The van der Waals surface area contributed by atoms with E-state index >= 15 is 0 Å². The molecule has 2 aromatic carbocycles. The average molecular weight is 401 g/mol. The van der Waals surface area contributed by atoms with E-state index in [2.05, 4.69) is 53.3 Å². The summed E-state index contributed by atoms with van der Waals surface area (Å²) in [4.78, 5) is 8.74. The standard InChI is InChI=1S/C26H25ClN2/c1-16-3-8-24-19(11-16)6-9-25-23-10-7-22(27)13-21(23)12-20(26(24)25)5-4-18-14-28-17(2)29-15-18/h6-7,9-16,20H,3-5,8H2,1-2H3. The fourth-order valence-electron chi connectivity index (χ4n) is 4.85. The van der Waals surface area contributed by atoms with Crippen LogP contribution >= 0.6 is 11.6 Å². The fourth-order valence-corrected chi connectivity index (χ4v) is 5.03. The molecule has 0 bridgehead atoms. The number of hydrogen-bond donors (Lipinski definition) is 0. The minimum atomic E-state index is 0.383. The predicted molar refractivity (Wildman–Crippen MR) is 119 cm³/mol. The Morgan fingerprint density at radius 1 is 1.00 bits per heavy atom. The van der Waals surface area contributed by atoms with E-state index in [1.807, 2.05) is 25.4 Å². The third-order valence-electron chi connectivity index (χ3n) is 6.34. The van der Waals surface area contributed by atoms with Crippen molar-refractivity contribution in [1.29, 1.82) is 0 Å². The van der Waals surface area contributed by atoms with Crippen molar-refractivity contribution in [1.82, 2.24) is 9.97 Å². The summed E-state index contributed by atoms with van der Waals surface area (Å²) in [6.07, 6.45) is 13.2. The van der Waals surface area contributed by atoms with Gasteiger partial charge in [-0.05, 0) is 88.2 Å². The van der Waals surface area contributed by atoms with E-state index in [4.69, 9.17) is 11.6 Å². The molecule has 146 valence electrons. The molecule has 3 aromatic rings. The van der Waals surface area contributed by atoms with Gasteiger partial charge in [0.05, 0.1) is 0 Å². The van der Waals surface area contributed by atoms with Crippen LogP contribution in [0.3, 0.4) is 0 Å². The molecule has 2 nitrogen and oxygen atoms in total. The molecule has 0 radical (unpaired) electrons. The normalized spacial score (nSPS) is 19.4. The van der Waals surface area contributed by atoms with E-state index in [1.54, 1.807) is 5.56 Å². The maximum absolute atomic E-state index is 6.33. The number of aromatic nitrogens is 2. The van der Waals surface area contributed by atoms with E-state index in [1.165, 1.54) is 38.4 Å². The third kappa shape index (κ3) is 3.51. The molecule has 2 unspecified atom stereocenters. The van der Waals surface area contributed by atoms with Gasteiger partial charge in [-0.25, -0.2) is 9.97 Å². The predicted octanol–water partition coefficient (Wildman–Crippen LogP) is 4.60. The molecule has 3 heteroatoms. The van der Waals surface area contributed by atoms with Gasteiger partial charge in [0, 0.05) is 23.3 Å². The zero-order chi connectivity index (χ0) is 20.0. The van der Waals surface area contributed by atoms with Gasteiger partial charge in [0.2, 0.25) is 0 Å². The third-order valence-corrected chi connectivity index (χ3v) is 6.58. The van der Waals surface area contributed by atoms with Gasteiger partial charge in [0.25, 0.3) is 0 Å². The van der Waals surface area contributed by atoms with Crippen molar-refractivity contribution < 1.29 is 0 Å². The van der Waals surface area contributed by atoms with Crippen LogP contribution < -0.4 is 10.4 Å². The second-order valence-electron chi connectivity index (χ2n) is 8.46.